The minimum absolute atomic E-state index is 0. The molecule has 0 aromatic heterocycles. The van der Waals surface area contributed by atoms with E-state index in [0.717, 1.165) is 19.1 Å². The molecule has 0 fully saturated rings. The largest absolute Gasteiger partial charge is 0.507 e. The minimum Gasteiger partial charge on any atom is -0.507 e. The summed E-state index contributed by atoms with van der Waals surface area (Å²) in [6, 6.07) is 1.83. The molecule has 2 N–H and O–H groups in total. The summed E-state index contributed by atoms with van der Waals surface area (Å²) >= 11 is 0. The van der Waals surface area contributed by atoms with Crippen LogP contribution in [-0.2, 0) is 10.1 Å². The number of phenols is 1. The van der Waals surface area contributed by atoms with Gasteiger partial charge in [0, 0.05) is 35.6 Å². The smallest absolute Gasteiger partial charge is 0.298 e. The van der Waals surface area contributed by atoms with Crippen molar-refractivity contribution in [1.82, 2.24) is 0 Å². The number of ketones is 1. The number of aromatic hydroxyl groups is 1. The van der Waals surface area contributed by atoms with Gasteiger partial charge in [-0.25, -0.2) is 0 Å². The van der Waals surface area contributed by atoms with Crippen LogP contribution in [0.1, 0.15) is 17.3 Å². The summed E-state index contributed by atoms with van der Waals surface area (Å²) in [6.45, 7) is 1.16. The van der Waals surface area contributed by atoms with E-state index in [1.807, 2.05) is 0 Å². The van der Waals surface area contributed by atoms with Gasteiger partial charge in [0.2, 0.25) is 0 Å². The Kier molecular flexibility index (Phi) is 5.63. The van der Waals surface area contributed by atoms with E-state index in [-0.39, 0.29) is 40.9 Å². The van der Waals surface area contributed by atoms with Gasteiger partial charge in [0.05, 0.1) is 12.7 Å². The molecule has 0 unspecified atom stereocenters. The molecule has 0 bridgehead atoms. The normalized spacial score (nSPS) is 10.5. The quantitative estimate of drug-likeness (QED) is 0.470. The van der Waals surface area contributed by atoms with E-state index in [1.165, 1.54) is 7.11 Å². The molecule has 1 aromatic carbocycles. The molecule has 17 heavy (non-hydrogen) atoms. The van der Waals surface area contributed by atoms with Crippen LogP contribution in [0.3, 0.4) is 0 Å². The third-order valence-electron chi connectivity index (χ3n) is 1.94. The van der Waals surface area contributed by atoms with Crippen LogP contribution in [0.5, 0.6) is 11.5 Å². The number of carbonyl (C=O) groups is 1. The van der Waals surface area contributed by atoms with Crippen LogP contribution in [0.25, 0.3) is 0 Å². The maximum atomic E-state index is 11.1. The van der Waals surface area contributed by atoms with Gasteiger partial charge in [0.1, 0.15) is 16.4 Å². The molecule has 0 aliphatic rings. The Balaban J connectivity index is 0.00000256. The van der Waals surface area contributed by atoms with Gasteiger partial charge in [-0.15, -0.1) is 0 Å². The van der Waals surface area contributed by atoms with Gasteiger partial charge in [0.25, 0.3) is 10.1 Å². The number of methoxy groups -OCH3 is 1. The molecule has 0 aliphatic heterocycles. The molecule has 89 valence electrons. The molecule has 0 saturated heterocycles. The average molecular weight is 269 g/mol. The third kappa shape index (κ3) is 3.68. The number of hydrogen-bond donors (Lipinski definition) is 2. The van der Waals surface area contributed by atoms with E-state index in [1.54, 1.807) is 0 Å². The fourth-order valence-corrected chi connectivity index (χ4v) is 1.86. The van der Waals surface area contributed by atoms with Crippen LogP contribution < -0.4 is 4.74 Å². The zero-order chi connectivity index (χ0) is 12.5. The van der Waals surface area contributed by atoms with Gasteiger partial charge in [-0.3, -0.25) is 9.35 Å². The fraction of sp³-hybridized carbons (Fsp3) is 0.222. The second-order valence-corrected chi connectivity index (χ2v) is 4.44. The molecule has 0 heterocycles. The predicted molar refractivity (Wildman–Crippen MR) is 60.2 cm³/mol. The molecule has 8 heteroatoms. The zero-order valence-corrected chi connectivity index (χ0v) is 12.4. The average Bonchev–Trinajstić information content (AvgIpc) is 2.14. The van der Waals surface area contributed by atoms with Crippen LogP contribution in [0.15, 0.2) is 17.0 Å². The molecule has 6 nitrogen and oxygen atoms in total. The van der Waals surface area contributed by atoms with Crippen molar-refractivity contribution in [2.45, 2.75) is 11.8 Å². The van der Waals surface area contributed by atoms with Crippen molar-refractivity contribution in [2.24, 2.45) is 0 Å². The molecule has 1 radical (unpaired) electrons. The number of carbonyl (C=O) groups excluding carboxylic acids is 1. The standard InChI is InChI=1S/C9H10O6S.Na/c1-5(10)6-3-9(16(12,13)14)8(15-2)4-7(6)11;/h3-4,11H,1-2H3,(H,12,13,14);. The first-order chi connectivity index (χ1) is 7.27. The van der Waals surface area contributed by atoms with E-state index in [4.69, 9.17) is 4.55 Å². The molecule has 0 spiro atoms. The first-order valence-corrected chi connectivity index (χ1v) is 5.60. The summed E-state index contributed by atoms with van der Waals surface area (Å²) in [5.74, 6) is -1.16. The van der Waals surface area contributed by atoms with Gasteiger partial charge >= 0.3 is 0 Å². The SMILES string of the molecule is COc1cc(O)c(C(C)=O)cc1S(=O)(=O)O.[Na]. The second-order valence-electron chi connectivity index (χ2n) is 3.05. The Bertz CT molecular complexity index is 537. The van der Waals surface area contributed by atoms with Crippen molar-refractivity contribution in [3.8, 4) is 11.5 Å². The Morgan fingerprint density at radius 1 is 1.35 bits per heavy atom. The van der Waals surface area contributed by atoms with Crippen molar-refractivity contribution in [3.63, 3.8) is 0 Å². The fourth-order valence-electron chi connectivity index (χ4n) is 1.19. The summed E-state index contributed by atoms with van der Waals surface area (Å²) in [5.41, 5.74) is -0.201. The number of ether oxygens (including phenoxy) is 1. The minimum atomic E-state index is -4.51. The molecular formula is C9H10NaO6S. The topological polar surface area (TPSA) is 101 Å². The Morgan fingerprint density at radius 3 is 2.24 bits per heavy atom. The van der Waals surface area contributed by atoms with Crippen molar-refractivity contribution in [3.05, 3.63) is 17.7 Å². The Morgan fingerprint density at radius 2 is 1.88 bits per heavy atom. The first-order valence-electron chi connectivity index (χ1n) is 4.16. The molecule has 0 saturated carbocycles. The molecule has 0 aliphatic carbocycles. The molecule has 0 atom stereocenters. The van der Waals surface area contributed by atoms with Crippen molar-refractivity contribution >= 4 is 45.5 Å². The second kappa shape index (κ2) is 5.83. The van der Waals surface area contributed by atoms with E-state index in [9.17, 15) is 18.3 Å². The summed E-state index contributed by atoms with van der Waals surface area (Å²) < 4.78 is 35.5. The summed E-state index contributed by atoms with van der Waals surface area (Å²) in [4.78, 5) is 10.5. The van der Waals surface area contributed by atoms with E-state index >= 15 is 0 Å². The Hall–Kier alpha value is -0.600. The number of rotatable bonds is 3. The predicted octanol–water partition coefficient (Wildman–Crippen LogP) is 0.469. The number of Topliss-reactive ketones (excluding diaryl/α,β-unsaturated/α-hetero) is 1. The Labute approximate surface area is 121 Å². The van der Waals surface area contributed by atoms with Crippen LogP contribution >= 0.6 is 0 Å². The molecular weight excluding hydrogens is 259 g/mol. The van der Waals surface area contributed by atoms with E-state index < -0.39 is 26.5 Å². The van der Waals surface area contributed by atoms with E-state index in [2.05, 4.69) is 4.74 Å². The van der Waals surface area contributed by atoms with Gasteiger partial charge in [0.15, 0.2) is 5.78 Å². The molecule has 0 amide bonds. The van der Waals surface area contributed by atoms with Crippen molar-refractivity contribution in [1.29, 1.82) is 0 Å². The zero-order valence-electron chi connectivity index (χ0n) is 9.59. The van der Waals surface area contributed by atoms with E-state index in [0.29, 0.717) is 0 Å². The van der Waals surface area contributed by atoms with Crippen molar-refractivity contribution < 1.29 is 27.6 Å². The molecule has 1 aromatic rings. The number of hydrogen-bond acceptors (Lipinski definition) is 5. The summed E-state index contributed by atoms with van der Waals surface area (Å²) in [7, 11) is -3.33. The third-order valence-corrected chi connectivity index (χ3v) is 2.81. The van der Waals surface area contributed by atoms with Crippen molar-refractivity contribution in [2.75, 3.05) is 7.11 Å². The monoisotopic (exact) mass is 269 g/mol. The maximum Gasteiger partial charge on any atom is 0.298 e. The van der Waals surface area contributed by atoms with Gasteiger partial charge in [-0.05, 0) is 13.0 Å². The number of benzene rings is 1. The molecule has 1 rings (SSSR count). The van der Waals surface area contributed by atoms with Crippen LogP contribution in [0, 0.1) is 0 Å². The maximum absolute atomic E-state index is 11.1. The van der Waals surface area contributed by atoms with Crippen LogP contribution in [0.4, 0.5) is 0 Å². The van der Waals surface area contributed by atoms with Gasteiger partial charge in [-0.2, -0.15) is 8.42 Å². The van der Waals surface area contributed by atoms with Crippen LogP contribution in [0.2, 0.25) is 0 Å². The van der Waals surface area contributed by atoms with Gasteiger partial charge in [-0.1, -0.05) is 0 Å². The van der Waals surface area contributed by atoms with Gasteiger partial charge < -0.3 is 9.84 Å². The van der Waals surface area contributed by atoms with Crippen LogP contribution in [-0.4, -0.2) is 60.5 Å². The summed E-state index contributed by atoms with van der Waals surface area (Å²) in [6.07, 6.45) is 0. The first kappa shape index (κ1) is 16.4. The summed E-state index contributed by atoms with van der Waals surface area (Å²) in [5, 5.41) is 9.41. The number of phenolic OH excluding ortho intramolecular Hbond substituents is 1.